The summed E-state index contributed by atoms with van der Waals surface area (Å²) >= 11 is 0. The van der Waals surface area contributed by atoms with E-state index >= 15 is 0 Å². The van der Waals surface area contributed by atoms with Crippen LogP contribution in [0.2, 0.25) is 0 Å². The summed E-state index contributed by atoms with van der Waals surface area (Å²) in [5.74, 6) is 1.74. The maximum absolute atomic E-state index is 12.4. The van der Waals surface area contributed by atoms with E-state index in [4.69, 9.17) is 32.1 Å². The average molecular weight is 821 g/mol. The zero-order valence-electron chi connectivity index (χ0n) is 32.9. The Hall–Kier alpha value is -8.49. The van der Waals surface area contributed by atoms with E-state index in [2.05, 4.69) is 30.3 Å². The van der Waals surface area contributed by atoms with Crippen LogP contribution in [0.3, 0.4) is 0 Å². The van der Waals surface area contributed by atoms with Gasteiger partial charge in [0.1, 0.15) is 41.2 Å². The van der Waals surface area contributed by atoms with Crippen molar-refractivity contribution < 1.29 is 39.9 Å². The van der Waals surface area contributed by atoms with Crippen LogP contribution in [-0.4, -0.2) is 61.1 Å². The Balaban J connectivity index is 0.000000320. The van der Waals surface area contributed by atoms with Crippen LogP contribution in [0, 0.1) is 13.1 Å². The molecule has 0 unspecified atom stereocenters. The summed E-state index contributed by atoms with van der Waals surface area (Å²) in [5, 5.41) is 15.5. The van der Waals surface area contributed by atoms with E-state index in [0.717, 1.165) is 28.3 Å². The lowest BCUT2D eigenvalue weighted by molar-refractivity contribution is -0.115. The first kappa shape index (κ1) is 45.2. The molecule has 0 atom stereocenters. The van der Waals surface area contributed by atoms with Gasteiger partial charge >= 0.3 is 0 Å². The second kappa shape index (κ2) is 21.9. The number of aromatic nitrogens is 2. The second-order valence-corrected chi connectivity index (χ2v) is 12.5. The van der Waals surface area contributed by atoms with Crippen molar-refractivity contribution in [1.29, 1.82) is 0 Å². The number of benzene rings is 4. The quantitative estimate of drug-likeness (QED) is 0.0335. The molecular weight excluding hydrogens is 777 g/mol. The molecule has 0 aliphatic rings. The smallest absolute Gasteiger partial charge is 0.269 e. The monoisotopic (exact) mass is 820 g/mol. The van der Waals surface area contributed by atoms with Gasteiger partial charge in [0.15, 0.2) is 5.78 Å². The lowest BCUT2D eigenvalue weighted by Crippen LogP contribution is -2.16. The zero-order chi connectivity index (χ0) is 43.0. The van der Waals surface area contributed by atoms with Gasteiger partial charge in [-0.25, -0.2) is 0 Å². The van der Waals surface area contributed by atoms with Crippen LogP contribution in [0.25, 0.3) is 37.7 Å². The SMILES string of the molecule is C.[C-]#[N+]c1ccc(NC(=O)C=C(O)c2ccc(-c3ccc(OC)cc3OC)cc2)cn1.[C-]#[N+]c1ccc(NC(=O)CC(=O)c2ccc(-c3ccc(OC)cc3OC)cc2)cn1.[HH]. The van der Waals surface area contributed by atoms with E-state index in [0.29, 0.717) is 45.5 Å². The maximum atomic E-state index is 12.4. The number of pyridine rings is 2. The van der Waals surface area contributed by atoms with Crippen molar-refractivity contribution in [3.63, 3.8) is 0 Å². The molecule has 6 rings (SSSR count). The molecule has 2 aromatic heterocycles. The first-order chi connectivity index (χ1) is 29.1. The lowest BCUT2D eigenvalue weighted by Gasteiger charge is -2.11. The van der Waals surface area contributed by atoms with Crippen molar-refractivity contribution in [3.05, 3.63) is 162 Å². The van der Waals surface area contributed by atoms with Gasteiger partial charge in [0.25, 0.3) is 17.5 Å². The molecule has 0 aliphatic carbocycles. The molecule has 61 heavy (non-hydrogen) atoms. The Labute approximate surface area is 355 Å². The van der Waals surface area contributed by atoms with Gasteiger partial charge in [-0.1, -0.05) is 69.1 Å². The molecule has 310 valence electrons. The van der Waals surface area contributed by atoms with Crippen LogP contribution in [0.4, 0.5) is 23.0 Å². The molecule has 0 radical (unpaired) electrons. The van der Waals surface area contributed by atoms with E-state index in [-0.39, 0.29) is 38.5 Å². The van der Waals surface area contributed by atoms with Gasteiger partial charge in [-0.3, -0.25) is 14.4 Å². The number of aliphatic hydroxyl groups excluding tert-OH is 1. The van der Waals surface area contributed by atoms with Crippen molar-refractivity contribution in [2.75, 3.05) is 39.1 Å². The Bertz CT molecular complexity index is 2590. The molecule has 2 amide bonds. The van der Waals surface area contributed by atoms with Crippen LogP contribution in [0.5, 0.6) is 23.0 Å². The number of anilines is 2. The number of ketones is 1. The highest BCUT2D eigenvalue weighted by molar-refractivity contribution is 6.11. The predicted octanol–water partition coefficient (Wildman–Crippen LogP) is 10.3. The van der Waals surface area contributed by atoms with Crippen molar-refractivity contribution in [2.45, 2.75) is 13.8 Å². The third kappa shape index (κ3) is 12.3. The maximum Gasteiger partial charge on any atom is 0.269 e. The minimum absolute atomic E-state index is 0. The standard InChI is InChI=1S/2C23H19N3O4.CH4.H2/c2*1-24-22-11-8-17(14-25-22)26-23(28)13-20(27)16-6-4-15(5-7-16)19-10-9-18(29-2)12-21(19)30-3;;/h4-12,14H,13H2,2-3H3,(H,26,28);4-14,27H,2-3H3,(H,26,28);1H4;1H. The molecule has 0 saturated heterocycles. The zero-order valence-corrected chi connectivity index (χ0v) is 32.9. The summed E-state index contributed by atoms with van der Waals surface area (Å²) in [5.41, 5.74) is 5.29. The van der Waals surface area contributed by atoms with Gasteiger partial charge < -0.3 is 44.4 Å². The number of amides is 2. The molecular formula is C47H44N6O8. The molecule has 0 fully saturated rings. The summed E-state index contributed by atoms with van der Waals surface area (Å²) in [6.45, 7) is 13.7. The molecule has 2 heterocycles. The number of aliphatic hydroxyl groups is 1. The molecule has 4 aromatic carbocycles. The summed E-state index contributed by atoms with van der Waals surface area (Å²) in [6, 6.07) is 31.2. The predicted molar refractivity (Wildman–Crippen MR) is 237 cm³/mol. The summed E-state index contributed by atoms with van der Waals surface area (Å²) in [6.07, 6.45) is 3.56. The number of nitrogens with zero attached hydrogens (tertiary/aromatic N) is 4. The third-order valence-electron chi connectivity index (χ3n) is 8.69. The summed E-state index contributed by atoms with van der Waals surface area (Å²) in [4.78, 5) is 50.8. The molecule has 14 nitrogen and oxygen atoms in total. The summed E-state index contributed by atoms with van der Waals surface area (Å²) < 4.78 is 21.3. The van der Waals surface area contributed by atoms with Crippen LogP contribution in [0.1, 0.15) is 31.2 Å². The number of methoxy groups -OCH3 is 4. The molecule has 6 aromatic rings. The van der Waals surface area contributed by atoms with E-state index in [1.54, 1.807) is 77.0 Å². The van der Waals surface area contributed by atoms with Crippen molar-refractivity contribution >= 4 is 46.4 Å². The molecule has 0 bridgehead atoms. The molecule has 14 heteroatoms. The number of nitrogens with one attached hydrogen (secondary N) is 2. The van der Waals surface area contributed by atoms with Crippen LogP contribution in [-0.2, 0) is 9.59 Å². The van der Waals surface area contributed by atoms with Gasteiger partial charge in [0, 0.05) is 41.9 Å². The fourth-order valence-corrected chi connectivity index (χ4v) is 5.62. The molecule has 0 saturated carbocycles. The van der Waals surface area contributed by atoms with Crippen molar-refractivity contribution in [3.8, 4) is 45.3 Å². The molecule has 0 spiro atoms. The first-order valence-corrected chi connectivity index (χ1v) is 17.9. The minimum Gasteiger partial charge on any atom is -0.507 e. The Morgan fingerprint density at radius 2 is 1.10 bits per heavy atom. The van der Waals surface area contributed by atoms with Gasteiger partial charge in [0.2, 0.25) is 5.91 Å². The topological polar surface area (TPSA) is 167 Å². The van der Waals surface area contributed by atoms with Gasteiger partial charge in [0.05, 0.1) is 46.2 Å². The molecule has 3 N–H and O–H groups in total. The van der Waals surface area contributed by atoms with Gasteiger partial charge in [-0.15, -0.1) is 9.97 Å². The second-order valence-electron chi connectivity index (χ2n) is 12.5. The average Bonchev–Trinajstić information content (AvgIpc) is 3.29. The number of ether oxygens (including phenoxy) is 4. The van der Waals surface area contributed by atoms with Gasteiger partial charge in [-0.2, -0.15) is 0 Å². The Morgan fingerprint density at radius 3 is 1.51 bits per heavy atom. The molecule has 0 aliphatic heterocycles. The van der Waals surface area contributed by atoms with Crippen molar-refractivity contribution in [1.82, 2.24) is 9.97 Å². The number of carbonyl (C=O) groups excluding carboxylic acids is 3. The third-order valence-corrected chi connectivity index (χ3v) is 8.69. The number of Topliss-reactive ketones (excluding diaryl/α,β-unsaturated/α-hetero) is 1. The Kier molecular flexibility index (Phi) is 16.2. The highest BCUT2D eigenvalue weighted by Gasteiger charge is 2.15. The number of rotatable bonds is 13. The van der Waals surface area contributed by atoms with Gasteiger partial charge in [-0.05, 0) is 59.7 Å². The largest absolute Gasteiger partial charge is 0.507 e. The van der Waals surface area contributed by atoms with Crippen LogP contribution in [0.15, 0.2) is 128 Å². The van der Waals surface area contributed by atoms with E-state index in [9.17, 15) is 19.5 Å². The van der Waals surface area contributed by atoms with E-state index < -0.39 is 11.8 Å². The van der Waals surface area contributed by atoms with E-state index in [1.165, 1.54) is 24.5 Å². The highest BCUT2D eigenvalue weighted by atomic mass is 16.5. The first-order valence-electron chi connectivity index (χ1n) is 17.9. The number of carbonyl (C=O) groups is 3. The van der Waals surface area contributed by atoms with Crippen molar-refractivity contribution in [2.24, 2.45) is 0 Å². The fraction of sp³-hybridized carbons (Fsp3) is 0.128. The minimum atomic E-state index is -0.509. The number of hydrogen-bond acceptors (Lipinski definition) is 10. The highest BCUT2D eigenvalue weighted by Crippen LogP contribution is 2.35. The normalized spacial score (nSPS) is 10.2. The van der Waals surface area contributed by atoms with Crippen LogP contribution < -0.4 is 29.6 Å². The van der Waals surface area contributed by atoms with Crippen LogP contribution >= 0.6 is 0 Å². The fourth-order valence-electron chi connectivity index (χ4n) is 5.62. The van der Waals surface area contributed by atoms with E-state index in [1.807, 2.05) is 48.5 Å². The number of hydrogen-bond donors (Lipinski definition) is 3. The Morgan fingerprint density at radius 1 is 0.639 bits per heavy atom. The lowest BCUT2D eigenvalue weighted by atomic mass is 10.0. The summed E-state index contributed by atoms with van der Waals surface area (Å²) in [7, 11) is 6.35.